The monoisotopic (exact) mass is 224 g/mol. The van der Waals surface area contributed by atoms with Gasteiger partial charge in [0.2, 0.25) is 0 Å². The molecule has 0 aliphatic rings. The molecule has 0 saturated carbocycles. The standard InChI is InChI=1S/C7H9ClO2S2/c1-3-6-4-11-5(2)7(6)12(8,9)10/h4H,3H2,1-2H3. The molecule has 1 heterocycles. The summed E-state index contributed by atoms with van der Waals surface area (Å²) < 4.78 is 22.1. The van der Waals surface area contributed by atoms with E-state index in [0.29, 0.717) is 11.3 Å². The third-order valence-electron chi connectivity index (χ3n) is 1.61. The lowest BCUT2D eigenvalue weighted by Crippen LogP contribution is -1.94. The molecule has 1 rings (SSSR count). The van der Waals surface area contributed by atoms with E-state index in [-0.39, 0.29) is 0 Å². The Morgan fingerprint density at radius 2 is 2.17 bits per heavy atom. The second-order valence-electron chi connectivity index (χ2n) is 2.44. The van der Waals surface area contributed by atoms with Crippen molar-refractivity contribution in [2.75, 3.05) is 0 Å². The van der Waals surface area contributed by atoms with E-state index in [9.17, 15) is 8.42 Å². The summed E-state index contributed by atoms with van der Waals surface area (Å²) in [4.78, 5) is 1.07. The molecule has 0 unspecified atom stereocenters. The van der Waals surface area contributed by atoms with E-state index in [2.05, 4.69) is 0 Å². The molecule has 0 saturated heterocycles. The molecule has 1 aromatic rings. The van der Waals surface area contributed by atoms with Crippen molar-refractivity contribution in [1.29, 1.82) is 0 Å². The average molecular weight is 225 g/mol. The molecule has 2 nitrogen and oxygen atoms in total. The highest BCUT2D eigenvalue weighted by atomic mass is 35.7. The number of thiophene rings is 1. The lowest BCUT2D eigenvalue weighted by atomic mass is 10.2. The summed E-state index contributed by atoms with van der Waals surface area (Å²) in [6.45, 7) is 3.67. The first-order valence-corrected chi connectivity index (χ1v) is 6.67. The van der Waals surface area contributed by atoms with Crippen molar-refractivity contribution in [3.63, 3.8) is 0 Å². The van der Waals surface area contributed by atoms with Crippen molar-refractivity contribution < 1.29 is 8.42 Å². The van der Waals surface area contributed by atoms with Crippen LogP contribution in [0.5, 0.6) is 0 Å². The minimum atomic E-state index is -3.55. The van der Waals surface area contributed by atoms with E-state index >= 15 is 0 Å². The highest BCUT2D eigenvalue weighted by Crippen LogP contribution is 2.29. The van der Waals surface area contributed by atoms with Crippen LogP contribution in [0.1, 0.15) is 17.4 Å². The minimum Gasteiger partial charge on any atom is -0.207 e. The first-order valence-electron chi connectivity index (χ1n) is 3.48. The Balaban J connectivity index is 3.39. The van der Waals surface area contributed by atoms with Crippen molar-refractivity contribution in [2.45, 2.75) is 25.2 Å². The van der Waals surface area contributed by atoms with Crippen molar-refractivity contribution in [1.82, 2.24) is 0 Å². The van der Waals surface area contributed by atoms with Crippen molar-refractivity contribution in [3.05, 3.63) is 15.8 Å². The molecule has 1 aromatic heterocycles. The number of halogens is 1. The van der Waals surface area contributed by atoms with E-state index < -0.39 is 9.05 Å². The zero-order valence-corrected chi connectivity index (χ0v) is 9.18. The van der Waals surface area contributed by atoms with Gasteiger partial charge in [-0.25, -0.2) is 8.42 Å². The molecule has 0 fully saturated rings. The van der Waals surface area contributed by atoms with Gasteiger partial charge >= 0.3 is 0 Å². The van der Waals surface area contributed by atoms with Crippen LogP contribution in [-0.2, 0) is 15.5 Å². The third-order valence-corrected chi connectivity index (χ3v) is 4.22. The molecular formula is C7H9ClO2S2. The van der Waals surface area contributed by atoms with Crippen LogP contribution in [0.3, 0.4) is 0 Å². The van der Waals surface area contributed by atoms with Crippen molar-refractivity contribution in [2.24, 2.45) is 0 Å². The molecule has 68 valence electrons. The van der Waals surface area contributed by atoms with Gasteiger partial charge in [0.25, 0.3) is 9.05 Å². The van der Waals surface area contributed by atoms with Gasteiger partial charge in [-0.2, -0.15) is 0 Å². The van der Waals surface area contributed by atoms with Crippen LogP contribution in [0.25, 0.3) is 0 Å². The maximum atomic E-state index is 11.1. The van der Waals surface area contributed by atoms with Crippen LogP contribution in [0.15, 0.2) is 10.3 Å². The molecule has 12 heavy (non-hydrogen) atoms. The Morgan fingerprint density at radius 3 is 2.50 bits per heavy atom. The van der Waals surface area contributed by atoms with Crippen LogP contribution < -0.4 is 0 Å². The zero-order valence-electron chi connectivity index (χ0n) is 6.80. The highest BCUT2D eigenvalue weighted by molar-refractivity contribution is 8.13. The molecule has 0 N–H and O–H groups in total. The summed E-state index contributed by atoms with van der Waals surface area (Å²) in [5.41, 5.74) is 0.813. The summed E-state index contributed by atoms with van der Waals surface area (Å²) in [7, 11) is 1.72. The molecule has 0 aliphatic heterocycles. The van der Waals surface area contributed by atoms with Gasteiger partial charge in [-0.1, -0.05) is 6.92 Å². The first kappa shape index (κ1) is 10.0. The zero-order chi connectivity index (χ0) is 9.35. The van der Waals surface area contributed by atoms with E-state index in [4.69, 9.17) is 10.7 Å². The van der Waals surface area contributed by atoms with Crippen LogP contribution >= 0.6 is 22.0 Å². The maximum absolute atomic E-state index is 11.1. The van der Waals surface area contributed by atoms with Gasteiger partial charge in [-0.3, -0.25) is 0 Å². The molecular weight excluding hydrogens is 216 g/mol. The van der Waals surface area contributed by atoms with Gasteiger partial charge in [0, 0.05) is 15.6 Å². The first-order chi connectivity index (χ1) is 5.46. The molecule has 0 aromatic carbocycles. The lowest BCUT2D eigenvalue weighted by molar-refractivity contribution is 0.608. The molecule has 0 amide bonds. The van der Waals surface area contributed by atoms with Gasteiger partial charge < -0.3 is 0 Å². The molecule has 0 atom stereocenters. The van der Waals surface area contributed by atoms with Crippen LogP contribution in [0, 0.1) is 6.92 Å². The van der Waals surface area contributed by atoms with Crippen LogP contribution in [0.2, 0.25) is 0 Å². The fourth-order valence-corrected chi connectivity index (χ4v) is 4.10. The fourth-order valence-electron chi connectivity index (χ4n) is 1.06. The summed E-state index contributed by atoms with van der Waals surface area (Å²) in [5, 5.41) is 1.84. The third kappa shape index (κ3) is 1.81. The number of hydrogen-bond acceptors (Lipinski definition) is 3. The number of rotatable bonds is 2. The summed E-state index contributed by atoms with van der Waals surface area (Å²) in [6, 6.07) is 0. The Labute approximate surface area is 80.6 Å². The predicted molar refractivity (Wildman–Crippen MR) is 51.5 cm³/mol. The highest BCUT2D eigenvalue weighted by Gasteiger charge is 2.18. The smallest absolute Gasteiger partial charge is 0.207 e. The van der Waals surface area contributed by atoms with Gasteiger partial charge in [-0.15, -0.1) is 11.3 Å². The molecule has 0 bridgehead atoms. The second kappa shape index (κ2) is 3.36. The van der Waals surface area contributed by atoms with Crippen molar-refractivity contribution >= 4 is 31.1 Å². The van der Waals surface area contributed by atoms with Gasteiger partial charge in [-0.05, 0) is 24.3 Å². The van der Waals surface area contributed by atoms with E-state index in [1.165, 1.54) is 11.3 Å². The molecule has 0 spiro atoms. The molecule has 5 heteroatoms. The Kier molecular flexibility index (Phi) is 2.81. The second-order valence-corrected chi connectivity index (χ2v) is 6.02. The van der Waals surface area contributed by atoms with Gasteiger partial charge in [0.1, 0.15) is 0 Å². The van der Waals surface area contributed by atoms with E-state index in [1.807, 2.05) is 12.3 Å². The lowest BCUT2D eigenvalue weighted by Gasteiger charge is -1.97. The average Bonchev–Trinajstić information content (AvgIpc) is 2.29. The van der Waals surface area contributed by atoms with Crippen LogP contribution in [0.4, 0.5) is 0 Å². The minimum absolute atomic E-state index is 0.302. The fraction of sp³-hybridized carbons (Fsp3) is 0.429. The largest absolute Gasteiger partial charge is 0.262 e. The van der Waals surface area contributed by atoms with E-state index in [0.717, 1.165) is 10.4 Å². The SMILES string of the molecule is CCc1csc(C)c1S(=O)(=O)Cl. The van der Waals surface area contributed by atoms with Gasteiger partial charge in [0.15, 0.2) is 0 Å². The predicted octanol–water partition coefficient (Wildman–Crippen LogP) is 2.55. The molecule has 0 aliphatic carbocycles. The summed E-state index contributed by atoms with van der Waals surface area (Å²) >= 11 is 1.42. The van der Waals surface area contributed by atoms with Gasteiger partial charge in [0.05, 0.1) is 4.90 Å². The Morgan fingerprint density at radius 1 is 1.58 bits per heavy atom. The topological polar surface area (TPSA) is 34.1 Å². The van der Waals surface area contributed by atoms with Crippen LogP contribution in [-0.4, -0.2) is 8.42 Å². The quantitative estimate of drug-likeness (QED) is 0.724. The maximum Gasteiger partial charge on any atom is 0.262 e. The van der Waals surface area contributed by atoms with E-state index in [1.54, 1.807) is 6.92 Å². The molecule has 0 radical (unpaired) electrons. The normalized spacial score (nSPS) is 11.9. The Hall–Kier alpha value is -0.0600. The summed E-state index contributed by atoms with van der Waals surface area (Å²) in [6.07, 6.45) is 0.700. The summed E-state index contributed by atoms with van der Waals surface area (Å²) in [5.74, 6) is 0. The number of hydrogen-bond donors (Lipinski definition) is 0. The van der Waals surface area contributed by atoms with Crippen molar-refractivity contribution in [3.8, 4) is 0 Å². The Bertz CT molecular complexity index is 378. The number of aryl methyl sites for hydroxylation is 2.